The van der Waals surface area contributed by atoms with Crippen molar-refractivity contribution in [2.24, 2.45) is 0 Å². The standard InChI is InChI=1S/C21H38O10/c1-3-5-7-9-16(23)28-12-14(30-17(24)10-8-6-4-2)13-29-21-20(27)19(26)18(25)15(11-22)31-21/h14-15,18-22,25-27H,3-13H2,1-2H3. The van der Waals surface area contributed by atoms with Gasteiger partial charge in [-0.15, -0.1) is 0 Å². The van der Waals surface area contributed by atoms with E-state index in [1.807, 2.05) is 13.8 Å². The number of rotatable bonds is 15. The van der Waals surface area contributed by atoms with Crippen molar-refractivity contribution in [3.63, 3.8) is 0 Å². The van der Waals surface area contributed by atoms with E-state index >= 15 is 0 Å². The minimum Gasteiger partial charge on any atom is -0.462 e. The Bertz CT molecular complexity index is 512. The Kier molecular flexibility index (Phi) is 13.9. The Morgan fingerprint density at radius 1 is 0.871 bits per heavy atom. The maximum Gasteiger partial charge on any atom is 0.306 e. The third kappa shape index (κ3) is 10.2. The van der Waals surface area contributed by atoms with Crippen LogP contribution in [0.3, 0.4) is 0 Å². The molecular weight excluding hydrogens is 412 g/mol. The summed E-state index contributed by atoms with van der Waals surface area (Å²) in [5, 5.41) is 39.0. The maximum atomic E-state index is 12.1. The molecule has 0 aromatic heterocycles. The van der Waals surface area contributed by atoms with Crippen molar-refractivity contribution in [3.8, 4) is 0 Å². The zero-order valence-corrected chi connectivity index (χ0v) is 18.5. The summed E-state index contributed by atoms with van der Waals surface area (Å²) in [6.45, 7) is 2.96. The third-order valence-corrected chi connectivity index (χ3v) is 4.99. The molecule has 1 heterocycles. The number of hydrogen-bond donors (Lipinski definition) is 4. The highest BCUT2D eigenvalue weighted by molar-refractivity contribution is 5.70. The summed E-state index contributed by atoms with van der Waals surface area (Å²) in [7, 11) is 0. The summed E-state index contributed by atoms with van der Waals surface area (Å²) in [5.41, 5.74) is 0. The topological polar surface area (TPSA) is 152 Å². The van der Waals surface area contributed by atoms with Gasteiger partial charge in [0.15, 0.2) is 12.4 Å². The average molecular weight is 451 g/mol. The molecular formula is C21H38O10. The largest absolute Gasteiger partial charge is 0.462 e. The first kappa shape index (κ1) is 27.7. The van der Waals surface area contributed by atoms with Crippen molar-refractivity contribution in [1.82, 2.24) is 0 Å². The maximum absolute atomic E-state index is 12.1. The Labute approximate surface area is 183 Å². The molecule has 6 unspecified atom stereocenters. The zero-order chi connectivity index (χ0) is 23.2. The average Bonchev–Trinajstić information content (AvgIpc) is 2.75. The van der Waals surface area contributed by atoms with Crippen molar-refractivity contribution >= 4 is 11.9 Å². The van der Waals surface area contributed by atoms with E-state index in [1.54, 1.807) is 0 Å². The van der Waals surface area contributed by atoms with Crippen LogP contribution in [0, 0.1) is 0 Å². The van der Waals surface area contributed by atoms with Crippen molar-refractivity contribution in [2.45, 2.75) is 102 Å². The van der Waals surface area contributed by atoms with Gasteiger partial charge in [-0.3, -0.25) is 9.59 Å². The number of ether oxygens (including phenoxy) is 4. The molecule has 10 nitrogen and oxygen atoms in total. The first-order valence-electron chi connectivity index (χ1n) is 11.1. The van der Waals surface area contributed by atoms with Gasteiger partial charge in [-0.25, -0.2) is 0 Å². The minimum atomic E-state index is -1.58. The Hall–Kier alpha value is -1.30. The first-order valence-corrected chi connectivity index (χ1v) is 11.1. The summed E-state index contributed by atoms with van der Waals surface area (Å²) in [4.78, 5) is 24.0. The molecule has 31 heavy (non-hydrogen) atoms. The number of carbonyl (C=O) groups is 2. The summed E-state index contributed by atoms with van der Waals surface area (Å²) < 4.78 is 21.3. The van der Waals surface area contributed by atoms with Crippen molar-refractivity contribution in [3.05, 3.63) is 0 Å². The quantitative estimate of drug-likeness (QED) is 0.204. The van der Waals surface area contributed by atoms with E-state index in [0.29, 0.717) is 12.8 Å². The van der Waals surface area contributed by atoms with Crippen LogP contribution in [-0.4, -0.2) is 89.0 Å². The van der Waals surface area contributed by atoms with Crippen LogP contribution < -0.4 is 0 Å². The van der Waals surface area contributed by atoms with Crippen LogP contribution in [0.2, 0.25) is 0 Å². The number of unbranched alkanes of at least 4 members (excludes halogenated alkanes) is 4. The lowest BCUT2D eigenvalue weighted by Gasteiger charge is -2.39. The molecule has 0 amide bonds. The lowest BCUT2D eigenvalue weighted by molar-refractivity contribution is -0.305. The molecule has 182 valence electrons. The van der Waals surface area contributed by atoms with Gasteiger partial charge < -0.3 is 39.4 Å². The fourth-order valence-corrected chi connectivity index (χ4v) is 3.06. The molecule has 0 spiro atoms. The van der Waals surface area contributed by atoms with E-state index in [-0.39, 0.29) is 26.1 Å². The van der Waals surface area contributed by atoms with E-state index in [4.69, 9.17) is 18.9 Å². The number of aliphatic hydroxyl groups excluding tert-OH is 4. The second-order valence-electron chi connectivity index (χ2n) is 7.74. The fraction of sp³-hybridized carbons (Fsp3) is 0.905. The molecule has 0 aromatic carbocycles. The molecule has 1 saturated heterocycles. The molecule has 1 rings (SSSR count). The summed E-state index contributed by atoms with van der Waals surface area (Å²) in [5.74, 6) is -0.869. The van der Waals surface area contributed by atoms with E-state index in [1.165, 1.54) is 0 Å². The molecule has 1 aliphatic rings. The molecule has 4 N–H and O–H groups in total. The SMILES string of the molecule is CCCCCC(=O)OCC(COC1OC(CO)C(O)C(O)C1O)OC(=O)CCCCC. The molecule has 0 saturated carbocycles. The van der Waals surface area contributed by atoms with Crippen molar-refractivity contribution < 1.29 is 49.0 Å². The van der Waals surface area contributed by atoms with Crippen LogP contribution in [0.5, 0.6) is 0 Å². The van der Waals surface area contributed by atoms with Gasteiger partial charge in [0.2, 0.25) is 0 Å². The van der Waals surface area contributed by atoms with Gasteiger partial charge in [0.1, 0.15) is 31.0 Å². The van der Waals surface area contributed by atoms with Crippen LogP contribution in [-0.2, 0) is 28.5 Å². The molecule has 0 radical (unpaired) electrons. The highest BCUT2D eigenvalue weighted by Crippen LogP contribution is 2.22. The second kappa shape index (κ2) is 15.5. The van der Waals surface area contributed by atoms with E-state index in [2.05, 4.69) is 0 Å². The Morgan fingerprint density at radius 3 is 2.06 bits per heavy atom. The molecule has 0 aromatic rings. The van der Waals surface area contributed by atoms with Crippen molar-refractivity contribution in [1.29, 1.82) is 0 Å². The fourth-order valence-electron chi connectivity index (χ4n) is 3.06. The predicted molar refractivity (Wildman–Crippen MR) is 109 cm³/mol. The highest BCUT2D eigenvalue weighted by atomic mass is 16.7. The van der Waals surface area contributed by atoms with Crippen LogP contribution in [0.15, 0.2) is 0 Å². The molecule has 1 fully saturated rings. The van der Waals surface area contributed by atoms with Gasteiger partial charge in [0, 0.05) is 12.8 Å². The molecule has 0 aliphatic carbocycles. The van der Waals surface area contributed by atoms with Gasteiger partial charge in [0.05, 0.1) is 13.2 Å². The highest BCUT2D eigenvalue weighted by Gasteiger charge is 2.44. The molecule has 0 bridgehead atoms. The number of hydrogen-bond acceptors (Lipinski definition) is 10. The number of esters is 2. The Morgan fingerprint density at radius 2 is 1.48 bits per heavy atom. The Balaban J connectivity index is 2.62. The third-order valence-electron chi connectivity index (χ3n) is 4.99. The molecule has 10 heteroatoms. The summed E-state index contributed by atoms with van der Waals surface area (Å²) in [6.07, 6.45) is -2.50. The van der Waals surface area contributed by atoms with Gasteiger partial charge in [-0.1, -0.05) is 39.5 Å². The second-order valence-corrected chi connectivity index (χ2v) is 7.74. The van der Waals surface area contributed by atoms with Gasteiger partial charge in [-0.2, -0.15) is 0 Å². The lowest BCUT2D eigenvalue weighted by Crippen LogP contribution is -2.59. The van der Waals surface area contributed by atoms with Crippen LogP contribution in [0.4, 0.5) is 0 Å². The predicted octanol–water partition coefficient (Wildman–Crippen LogP) is 0.419. The lowest BCUT2D eigenvalue weighted by atomic mass is 9.99. The number of aliphatic hydroxyl groups is 4. The van der Waals surface area contributed by atoms with Gasteiger partial charge in [-0.05, 0) is 12.8 Å². The molecule has 6 atom stereocenters. The normalized spacial score (nSPS) is 27.0. The molecule has 1 aliphatic heterocycles. The summed E-state index contributed by atoms with van der Waals surface area (Å²) in [6, 6.07) is 0. The van der Waals surface area contributed by atoms with Crippen LogP contribution in [0.25, 0.3) is 0 Å². The summed E-state index contributed by atoms with van der Waals surface area (Å²) >= 11 is 0. The van der Waals surface area contributed by atoms with Gasteiger partial charge >= 0.3 is 11.9 Å². The van der Waals surface area contributed by atoms with Gasteiger partial charge in [0.25, 0.3) is 0 Å². The smallest absolute Gasteiger partial charge is 0.306 e. The van der Waals surface area contributed by atoms with Crippen molar-refractivity contribution in [2.75, 3.05) is 19.8 Å². The number of carbonyl (C=O) groups excluding carboxylic acids is 2. The van der Waals surface area contributed by atoms with E-state index in [9.17, 15) is 30.0 Å². The van der Waals surface area contributed by atoms with E-state index < -0.39 is 55.4 Å². The monoisotopic (exact) mass is 450 g/mol. The zero-order valence-electron chi connectivity index (χ0n) is 18.5. The van der Waals surface area contributed by atoms with E-state index in [0.717, 1.165) is 25.7 Å². The van der Waals surface area contributed by atoms with Crippen LogP contribution >= 0.6 is 0 Å². The van der Waals surface area contributed by atoms with Crippen LogP contribution in [0.1, 0.15) is 65.2 Å². The first-order chi connectivity index (χ1) is 14.8. The minimum absolute atomic E-state index is 0.217.